The molecule has 3 rings (SSSR count). The number of hydrogen-bond acceptors (Lipinski definition) is 3. The van der Waals surface area contributed by atoms with Crippen LogP contribution in [0.2, 0.25) is 0 Å². The van der Waals surface area contributed by atoms with Crippen molar-refractivity contribution in [2.75, 3.05) is 25.2 Å². The van der Waals surface area contributed by atoms with Crippen molar-refractivity contribution >= 4 is 11.6 Å². The predicted molar refractivity (Wildman–Crippen MR) is 81.8 cm³/mol. The molecule has 1 aliphatic carbocycles. The summed E-state index contributed by atoms with van der Waals surface area (Å²) in [5, 5.41) is 0. The van der Waals surface area contributed by atoms with Crippen molar-refractivity contribution in [1.29, 1.82) is 0 Å². The summed E-state index contributed by atoms with van der Waals surface area (Å²) < 4.78 is 11.1. The Morgan fingerprint density at radius 2 is 2.19 bits per heavy atom. The van der Waals surface area contributed by atoms with E-state index in [-0.39, 0.29) is 12.0 Å². The zero-order valence-corrected chi connectivity index (χ0v) is 12.8. The van der Waals surface area contributed by atoms with Crippen LogP contribution in [0.4, 0.5) is 5.69 Å². The fourth-order valence-electron chi connectivity index (χ4n) is 2.84. The molecule has 0 aromatic heterocycles. The second kappa shape index (κ2) is 6.06. The SMILES string of the molecule is COCCCN1C(=O)C(CC2CC2)Oc2ccc(C)cc21. The molecule has 1 heterocycles. The lowest BCUT2D eigenvalue weighted by atomic mass is 10.1. The number of carbonyl (C=O) groups is 1. The average molecular weight is 289 g/mol. The lowest BCUT2D eigenvalue weighted by Gasteiger charge is -2.34. The van der Waals surface area contributed by atoms with Crippen LogP contribution in [0.3, 0.4) is 0 Å². The number of amides is 1. The maximum atomic E-state index is 12.7. The summed E-state index contributed by atoms with van der Waals surface area (Å²) >= 11 is 0. The molecule has 1 fully saturated rings. The van der Waals surface area contributed by atoms with Gasteiger partial charge in [0.05, 0.1) is 5.69 Å². The van der Waals surface area contributed by atoms with Crippen molar-refractivity contribution in [1.82, 2.24) is 0 Å². The maximum absolute atomic E-state index is 12.7. The van der Waals surface area contributed by atoms with Gasteiger partial charge in [0.1, 0.15) is 5.75 Å². The van der Waals surface area contributed by atoms with Gasteiger partial charge < -0.3 is 14.4 Å². The monoisotopic (exact) mass is 289 g/mol. The largest absolute Gasteiger partial charge is 0.478 e. The summed E-state index contributed by atoms with van der Waals surface area (Å²) in [4.78, 5) is 14.6. The first-order valence-corrected chi connectivity index (χ1v) is 7.76. The molecule has 1 unspecified atom stereocenters. The van der Waals surface area contributed by atoms with E-state index in [9.17, 15) is 4.79 Å². The third-order valence-electron chi connectivity index (χ3n) is 4.19. The van der Waals surface area contributed by atoms with E-state index < -0.39 is 0 Å². The molecule has 1 amide bonds. The number of anilines is 1. The fourth-order valence-corrected chi connectivity index (χ4v) is 2.84. The number of hydrogen-bond donors (Lipinski definition) is 0. The van der Waals surface area contributed by atoms with Crippen molar-refractivity contribution in [3.63, 3.8) is 0 Å². The van der Waals surface area contributed by atoms with E-state index in [4.69, 9.17) is 9.47 Å². The smallest absolute Gasteiger partial charge is 0.268 e. The Labute approximate surface area is 126 Å². The van der Waals surface area contributed by atoms with Gasteiger partial charge in [0.25, 0.3) is 5.91 Å². The molecule has 0 bridgehead atoms. The number of carbonyl (C=O) groups excluding carboxylic acids is 1. The van der Waals surface area contributed by atoms with Gasteiger partial charge in [-0.25, -0.2) is 0 Å². The molecule has 114 valence electrons. The maximum Gasteiger partial charge on any atom is 0.268 e. The summed E-state index contributed by atoms with van der Waals surface area (Å²) in [5.41, 5.74) is 2.05. The Morgan fingerprint density at radius 1 is 1.38 bits per heavy atom. The van der Waals surface area contributed by atoms with Crippen LogP contribution < -0.4 is 9.64 Å². The molecule has 1 aromatic rings. The molecule has 4 heteroatoms. The molecular weight excluding hydrogens is 266 g/mol. The Morgan fingerprint density at radius 3 is 2.90 bits per heavy atom. The number of aryl methyl sites for hydroxylation is 1. The van der Waals surface area contributed by atoms with Gasteiger partial charge in [0.2, 0.25) is 0 Å². The second-order valence-electron chi connectivity index (χ2n) is 6.09. The third-order valence-corrected chi connectivity index (χ3v) is 4.19. The first kappa shape index (κ1) is 14.4. The highest BCUT2D eigenvalue weighted by Gasteiger charge is 2.37. The Hall–Kier alpha value is -1.55. The van der Waals surface area contributed by atoms with Crippen LogP contribution in [-0.4, -0.2) is 32.3 Å². The summed E-state index contributed by atoms with van der Waals surface area (Å²) in [6.07, 6.45) is 3.85. The standard InChI is InChI=1S/C17H23NO3/c1-12-4-7-15-14(10-12)18(8-3-9-20-2)17(19)16(21-15)11-13-5-6-13/h4,7,10,13,16H,3,5-6,8-9,11H2,1-2H3. The van der Waals surface area contributed by atoms with Crippen LogP contribution in [0.1, 0.15) is 31.2 Å². The molecule has 1 saturated carbocycles. The molecule has 4 nitrogen and oxygen atoms in total. The quantitative estimate of drug-likeness (QED) is 0.756. The second-order valence-corrected chi connectivity index (χ2v) is 6.09. The molecule has 0 spiro atoms. The molecule has 21 heavy (non-hydrogen) atoms. The molecule has 0 N–H and O–H groups in total. The summed E-state index contributed by atoms with van der Waals surface area (Å²) in [5.74, 6) is 1.62. The van der Waals surface area contributed by atoms with Crippen LogP contribution in [-0.2, 0) is 9.53 Å². The van der Waals surface area contributed by atoms with Crippen LogP contribution in [0.15, 0.2) is 18.2 Å². The Bertz CT molecular complexity index is 525. The Kier molecular flexibility index (Phi) is 4.15. The number of ether oxygens (including phenoxy) is 2. The average Bonchev–Trinajstić information content (AvgIpc) is 3.27. The number of methoxy groups -OCH3 is 1. The first-order chi connectivity index (χ1) is 10.2. The minimum Gasteiger partial charge on any atom is -0.478 e. The number of nitrogens with zero attached hydrogens (tertiary/aromatic N) is 1. The lowest BCUT2D eigenvalue weighted by molar-refractivity contribution is -0.126. The minimum absolute atomic E-state index is 0.108. The minimum atomic E-state index is -0.310. The van der Waals surface area contributed by atoms with Gasteiger partial charge in [0.15, 0.2) is 6.10 Å². The van der Waals surface area contributed by atoms with E-state index in [1.807, 2.05) is 30.0 Å². The van der Waals surface area contributed by atoms with Crippen molar-refractivity contribution in [2.45, 2.75) is 38.7 Å². The lowest BCUT2D eigenvalue weighted by Crippen LogP contribution is -2.46. The van der Waals surface area contributed by atoms with Gasteiger partial charge in [-0.3, -0.25) is 4.79 Å². The molecule has 1 aromatic carbocycles. The predicted octanol–water partition coefficient (Wildman–Crippen LogP) is 2.93. The van der Waals surface area contributed by atoms with E-state index in [0.29, 0.717) is 19.1 Å². The first-order valence-electron chi connectivity index (χ1n) is 7.76. The normalized spacial score (nSPS) is 21.1. The third kappa shape index (κ3) is 3.21. The van der Waals surface area contributed by atoms with Crippen LogP contribution in [0.5, 0.6) is 5.75 Å². The van der Waals surface area contributed by atoms with E-state index in [1.54, 1.807) is 7.11 Å². The van der Waals surface area contributed by atoms with Crippen molar-refractivity contribution in [3.05, 3.63) is 23.8 Å². The summed E-state index contributed by atoms with van der Waals surface area (Å²) in [7, 11) is 1.69. The topological polar surface area (TPSA) is 38.8 Å². The number of rotatable bonds is 6. The van der Waals surface area contributed by atoms with Gasteiger partial charge in [-0.15, -0.1) is 0 Å². The molecule has 2 aliphatic rings. The van der Waals surface area contributed by atoms with Crippen molar-refractivity contribution in [3.8, 4) is 5.75 Å². The van der Waals surface area contributed by atoms with Crippen LogP contribution in [0.25, 0.3) is 0 Å². The molecule has 0 saturated heterocycles. The van der Waals surface area contributed by atoms with Gasteiger partial charge in [0, 0.05) is 20.3 Å². The molecule has 1 aliphatic heterocycles. The van der Waals surface area contributed by atoms with E-state index in [1.165, 1.54) is 12.8 Å². The van der Waals surface area contributed by atoms with Gasteiger partial charge in [-0.2, -0.15) is 0 Å². The molecular formula is C17H23NO3. The number of fused-ring (bicyclic) bond motifs is 1. The highest BCUT2D eigenvalue weighted by atomic mass is 16.5. The van der Waals surface area contributed by atoms with Gasteiger partial charge >= 0.3 is 0 Å². The number of benzene rings is 1. The van der Waals surface area contributed by atoms with E-state index in [0.717, 1.165) is 29.8 Å². The highest BCUT2D eigenvalue weighted by Crippen LogP contribution is 2.40. The van der Waals surface area contributed by atoms with Crippen molar-refractivity contribution in [2.24, 2.45) is 5.92 Å². The Balaban J connectivity index is 1.82. The van der Waals surface area contributed by atoms with Crippen LogP contribution >= 0.6 is 0 Å². The highest BCUT2D eigenvalue weighted by molar-refractivity contribution is 6.00. The fraction of sp³-hybridized carbons (Fsp3) is 0.588. The molecule has 1 atom stereocenters. The van der Waals surface area contributed by atoms with Gasteiger partial charge in [-0.1, -0.05) is 18.9 Å². The molecule has 0 radical (unpaired) electrons. The summed E-state index contributed by atoms with van der Waals surface area (Å²) in [6.45, 7) is 3.39. The zero-order chi connectivity index (χ0) is 14.8. The summed E-state index contributed by atoms with van der Waals surface area (Å²) in [6, 6.07) is 6.06. The van der Waals surface area contributed by atoms with Gasteiger partial charge in [-0.05, 0) is 43.4 Å². The van der Waals surface area contributed by atoms with E-state index in [2.05, 4.69) is 0 Å². The van der Waals surface area contributed by atoms with Crippen LogP contribution in [0, 0.1) is 12.8 Å². The van der Waals surface area contributed by atoms with E-state index >= 15 is 0 Å². The van der Waals surface area contributed by atoms with Crippen molar-refractivity contribution < 1.29 is 14.3 Å². The zero-order valence-electron chi connectivity index (χ0n) is 12.8.